The summed E-state index contributed by atoms with van der Waals surface area (Å²) in [5, 5.41) is 20.9. The number of aromatic nitrogens is 2. The lowest BCUT2D eigenvalue weighted by Gasteiger charge is -2.07. The molecule has 0 unspecified atom stereocenters. The van der Waals surface area contributed by atoms with Gasteiger partial charge in [-0.15, -0.1) is 0 Å². The number of aliphatic hydroxyl groups is 1. The Bertz CT molecular complexity index is 1190. The van der Waals surface area contributed by atoms with E-state index >= 15 is 0 Å². The molecule has 1 aliphatic heterocycles. The maximum atomic E-state index is 9.80. The first-order valence-corrected chi connectivity index (χ1v) is 10.6. The van der Waals surface area contributed by atoms with E-state index in [0.717, 1.165) is 16.3 Å². The number of hydrogen-bond acceptors (Lipinski definition) is 8. The van der Waals surface area contributed by atoms with Crippen LogP contribution < -0.4 is 4.74 Å². The van der Waals surface area contributed by atoms with E-state index in [1.807, 2.05) is 18.2 Å². The number of fused-ring (bicyclic) bond motifs is 2. The molecule has 2 aromatic carbocycles. The number of hydrogen-bond donors (Lipinski definition) is 2. The summed E-state index contributed by atoms with van der Waals surface area (Å²) in [5.41, 5.74) is 1.27. The Morgan fingerprint density at radius 1 is 0.879 bits per heavy atom. The molecule has 33 heavy (non-hydrogen) atoms. The quantitative estimate of drug-likeness (QED) is 0.385. The molecule has 2 aromatic heterocycles. The van der Waals surface area contributed by atoms with Crippen molar-refractivity contribution >= 4 is 51.2 Å². The van der Waals surface area contributed by atoms with Gasteiger partial charge in [-0.05, 0) is 48.5 Å². The summed E-state index contributed by atoms with van der Waals surface area (Å²) in [7, 11) is 0. The van der Waals surface area contributed by atoms with Gasteiger partial charge in [0.05, 0.1) is 16.7 Å². The molecule has 0 aliphatic carbocycles. The van der Waals surface area contributed by atoms with E-state index in [9.17, 15) is 9.90 Å². The van der Waals surface area contributed by atoms with E-state index in [-0.39, 0.29) is 19.0 Å². The van der Waals surface area contributed by atoms with Gasteiger partial charge < -0.3 is 24.4 Å². The minimum Gasteiger partial charge on any atom is -0.506 e. The molecule has 0 atom stereocenters. The molecule has 0 radical (unpaired) electrons. The van der Waals surface area contributed by atoms with Crippen molar-refractivity contribution in [1.29, 1.82) is 0 Å². The minimum atomic E-state index is -0.546. The van der Waals surface area contributed by atoms with Crippen molar-refractivity contribution in [2.24, 2.45) is 0 Å². The number of halogens is 2. The summed E-state index contributed by atoms with van der Waals surface area (Å²) in [5.74, 6) is 0.805. The summed E-state index contributed by atoms with van der Waals surface area (Å²) in [6, 6.07) is 14.0. The molecule has 0 bridgehead atoms. The van der Waals surface area contributed by atoms with Crippen LogP contribution >= 0.6 is 23.2 Å². The standard InChI is InChI=1S/C11H10ClNO2.C9H6ClNO.C3H4O3/c12-9-3-4-10(15-7-6-14)11-8(9)2-1-5-13-11;10-7-3-4-8(12)9-6(7)2-1-5-11-9;4-3-5-1-2-6-3/h1-5,14H,6-7H2;1-5,12H;1-2H2. The molecular weight excluding hydrogens is 471 g/mol. The Morgan fingerprint density at radius 3 is 2.00 bits per heavy atom. The first-order chi connectivity index (χ1) is 16.0. The van der Waals surface area contributed by atoms with Crippen LogP contribution in [0.1, 0.15) is 0 Å². The third-order valence-corrected chi connectivity index (χ3v) is 4.91. The molecule has 172 valence electrons. The van der Waals surface area contributed by atoms with Crippen molar-refractivity contribution in [3.05, 3.63) is 71.0 Å². The lowest BCUT2D eigenvalue weighted by Crippen LogP contribution is -2.02. The average Bonchev–Trinajstić information content (AvgIpc) is 3.33. The van der Waals surface area contributed by atoms with E-state index in [1.165, 1.54) is 6.07 Å². The summed E-state index contributed by atoms with van der Waals surface area (Å²) in [4.78, 5) is 18.0. The van der Waals surface area contributed by atoms with Crippen molar-refractivity contribution in [3.63, 3.8) is 0 Å². The Morgan fingerprint density at radius 2 is 1.45 bits per heavy atom. The highest BCUT2D eigenvalue weighted by molar-refractivity contribution is 6.36. The van der Waals surface area contributed by atoms with E-state index in [2.05, 4.69) is 19.4 Å². The average molecular weight is 491 g/mol. The molecule has 1 aliphatic rings. The van der Waals surface area contributed by atoms with Crippen molar-refractivity contribution in [1.82, 2.24) is 9.97 Å². The molecule has 4 aromatic rings. The van der Waals surface area contributed by atoms with Crippen LogP contribution in [-0.4, -0.2) is 52.8 Å². The zero-order valence-corrected chi connectivity index (χ0v) is 18.8. The Hall–Kier alpha value is -3.33. The second-order valence-electron chi connectivity index (χ2n) is 6.43. The van der Waals surface area contributed by atoms with E-state index in [0.29, 0.717) is 34.5 Å². The highest BCUT2D eigenvalue weighted by Crippen LogP contribution is 2.29. The third-order valence-electron chi connectivity index (χ3n) is 4.25. The number of pyridine rings is 2. The zero-order valence-electron chi connectivity index (χ0n) is 17.3. The second kappa shape index (κ2) is 12.1. The predicted molar refractivity (Wildman–Crippen MR) is 125 cm³/mol. The Labute approximate surface area is 199 Å². The van der Waals surface area contributed by atoms with Crippen LogP contribution in [0.4, 0.5) is 4.79 Å². The fraction of sp³-hybridized carbons (Fsp3) is 0.174. The summed E-state index contributed by atoms with van der Waals surface area (Å²) >= 11 is 11.9. The number of nitrogens with zero attached hydrogens (tertiary/aromatic N) is 2. The Balaban J connectivity index is 0.000000151. The maximum absolute atomic E-state index is 9.80. The van der Waals surface area contributed by atoms with Crippen LogP contribution in [-0.2, 0) is 9.47 Å². The summed E-state index contributed by atoms with van der Waals surface area (Å²) in [6.07, 6.45) is 2.76. The number of ether oxygens (including phenoxy) is 3. The molecule has 3 heterocycles. The number of aliphatic hydroxyl groups excluding tert-OH is 1. The fourth-order valence-electron chi connectivity index (χ4n) is 2.80. The molecule has 0 spiro atoms. The molecular formula is C23H20Cl2N2O6. The predicted octanol–water partition coefficient (Wildman–Crippen LogP) is 5.01. The number of carbonyl (C=O) groups excluding carboxylic acids is 1. The molecule has 0 amide bonds. The van der Waals surface area contributed by atoms with Crippen molar-refractivity contribution in [3.8, 4) is 11.5 Å². The Kier molecular flexibility index (Phi) is 8.88. The summed E-state index contributed by atoms with van der Waals surface area (Å²) < 4.78 is 13.9. The highest BCUT2D eigenvalue weighted by atomic mass is 35.5. The van der Waals surface area contributed by atoms with Crippen LogP contribution in [0.2, 0.25) is 10.0 Å². The van der Waals surface area contributed by atoms with E-state index in [1.54, 1.807) is 36.7 Å². The maximum Gasteiger partial charge on any atom is 0.508 e. The van der Waals surface area contributed by atoms with Crippen molar-refractivity contribution in [2.75, 3.05) is 26.4 Å². The molecule has 1 fully saturated rings. The number of aromatic hydroxyl groups is 1. The van der Waals surface area contributed by atoms with E-state index < -0.39 is 6.16 Å². The monoisotopic (exact) mass is 490 g/mol. The molecule has 0 saturated carbocycles. The van der Waals surface area contributed by atoms with Gasteiger partial charge in [0.1, 0.15) is 42.4 Å². The number of cyclic esters (lactones) is 2. The van der Waals surface area contributed by atoms with E-state index in [4.69, 9.17) is 33.0 Å². The number of phenols is 1. The van der Waals surface area contributed by atoms with Gasteiger partial charge in [0.15, 0.2) is 0 Å². The summed E-state index contributed by atoms with van der Waals surface area (Å²) in [6.45, 7) is 1.07. The largest absolute Gasteiger partial charge is 0.508 e. The van der Waals surface area contributed by atoms with Crippen LogP contribution in [0, 0.1) is 0 Å². The molecule has 2 N–H and O–H groups in total. The molecule has 1 saturated heterocycles. The minimum absolute atomic E-state index is 0.0169. The normalized spacial score (nSPS) is 12.2. The van der Waals surface area contributed by atoms with Gasteiger partial charge >= 0.3 is 6.16 Å². The SMILES string of the molecule is O=C1OCCO1.OCCOc1ccc(Cl)c2cccnc12.Oc1ccc(Cl)c2cccnc12. The van der Waals surface area contributed by atoms with Gasteiger partial charge in [-0.25, -0.2) is 4.79 Å². The number of benzene rings is 2. The fourth-order valence-corrected chi connectivity index (χ4v) is 3.23. The lowest BCUT2D eigenvalue weighted by molar-refractivity contribution is 0.131. The number of rotatable bonds is 3. The second-order valence-corrected chi connectivity index (χ2v) is 7.24. The first kappa shape index (κ1) is 24.3. The van der Waals surface area contributed by atoms with Gasteiger partial charge in [-0.2, -0.15) is 0 Å². The zero-order chi connectivity index (χ0) is 23.6. The van der Waals surface area contributed by atoms with Crippen LogP contribution in [0.3, 0.4) is 0 Å². The van der Waals surface area contributed by atoms with Gasteiger partial charge in [-0.3, -0.25) is 9.97 Å². The smallest absolute Gasteiger partial charge is 0.506 e. The molecule has 5 rings (SSSR count). The molecule has 10 heteroatoms. The van der Waals surface area contributed by atoms with Crippen LogP contribution in [0.25, 0.3) is 21.8 Å². The van der Waals surface area contributed by atoms with Crippen LogP contribution in [0.15, 0.2) is 60.9 Å². The highest BCUT2D eigenvalue weighted by Gasteiger charge is 2.09. The molecule has 8 nitrogen and oxygen atoms in total. The number of carbonyl (C=O) groups is 1. The van der Waals surface area contributed by atoms with Crippen LogP contribution in [0.5, 0.6) is 11.5 Å². The topological polar surface area (TPSA) is 111 Å². The van der Waals surface area contributed by atoms with Gasteiger partial charge in [0, 0.05) is 23.2 Å². The van der Waals surface area contributed by atoms with Gasteiger partial charge in [0.2, 0.25) is 0 Å². The van der Waals surface area contributed by atoms with Gasteiger partial charge in [-0.1, -0.05) is 23.2 Å². The van der Waals surface area contributed by atoms with Crippen molar-refractivity contribution in [2.45, 2.75) is 0 Å². The first-order valence-electron chi connectivity index (χ1n) is 9.80. The van der Waals surface area contributed by atoms with Gasteiger partial charge in [0.25, 0.3) is 0 Å². The third kappa shape index (κ3) is 6.58. The lowest BCUT2D eigenvalue weighted by atomic mass is 10.2. The number of phenolic OH excluding ortho intramolecular Hbond substituents is 1. The van der Waals surface area contributed by atoms with Crippen molar-refractivity contribution < 1.29 is 29.2 Å².